The van der Waals surface area contributed by atoms with Crippen molar-refractivity contribution < 1.29 is 19.0 Å². The maximum atomic E-state index is 14.3. The number of hydrogen-bond acceptors (Lipinski definition) is 7. The molecule has 5 aromatic rings. The number of allylic oxidation sites excluding steroid dienone is 1. The van der Waals surface area contributed by atoms with Gasteiger partial charge >= 0.3 is 5.97 Å². The number of ether oxygens (including phenoxy) is 3. The molecule has 1 N–H and O–H groups in total. The van der Waals surface area contributed by atoms with Crippen LogP contribution in [0.2, 0.25) is 0 Å². The summed E-state index contributed by atoms with van der Waals surface area (Å²) in [6.45, 7) is 5.77. The Kier molecular flexibility index (Phi) is 7.50. The molecule has 8 nitrogen and oxygen atoms in total. The van der Waals surface area contributed by atoms with Crippen LogP contribution < -0.4 is 24.4 Å². The number of aryl methyl sites for hydroxylation is 1. The van der Waals surface area contributed by atoms with Crippen molar-refractivity contribution in [3.8, 4) is 22.8 Å². The van der Waals surface area contributed by atoms with Crippen molar-refractivity contribution in [2.45, 2.75) is 26.8 Å². The molecule has 0 aliphatic carbocycles. The van der Waals surface area contributed by atoms with E-state index in [2.05, 4.69) is 30.1 Å². The number of aromatic nitrogens is 2. The first kappa shape index (κ1) is 28.2. The van der Waals surface area contributed by atoms with Crippen LogP contribution in [0.5, 0.6) is 11.5 Å². The fourth-order valence-corrected chi connectivity index (χ4v) is 6.60. The molecule has 6 rings (SSSR count). The number of hydrogen-bond donors (Lipinski definition) is 1. The first-order valence-electron chi connectivity index (χ1n) is 13.9. The maximum Gasteiger partial charge on any atom is 0.338 e. The van der Waals surface area contributed by atoms with E-state index in [4.69, 9.17) is 19.2 Å². The van der Waals surface area contributed by atoms with Gasteiger partial charge in [0, 0.05) is 16.5 Å². The van der Waals surface area contributed by atoms with Crippen molar-refractivity contribution in [3.63, 3.8) is 0 Å². The van der Waals surface area contributed by atoms with Crippen molar-refractivity contribution >= 4 is 34.3 Å². The third kappa shape index (κ3) is 4.95. The first-order valence-corrected chi connectivity index (χ1v) is 14.8. The molecule has 0 spiro atoms. The van der Waals surface area contributed by atoms with Gasteiger partial charge in [0.25, 0.3) is 5.56 Å². The van der Waals surface area contributed by atoms with E-state index >= 15 is 0 Å². The molecule has 0 bridgehead atoms. The molecule has 43 heavy (non-hydrogen) atoms. The molecular weight excluding hydrogens is 562 g/mol. The molecule has 3 aromatic carbocycles. The van der Waals surface area contributed by atoms with Crippen LogP contribution in [0, 0.1) is 6.92 Å². The summed E-state index contributed by atoms with van der Waals surface area (Å²) >= 11 is 1.30. The highest BCUT2D eigenvalue weighted by Gasteiger charge is 2.34. The van der Waals surface area contributed by atoms with Crippen LogP contribution in [0.15, 0.2) is 87.8 Å². The van der Waals surface area contributed by atoms with Gasteiger partial charge in [-0.05, 0) is 62.2 Å². The van der Waals surface area contributed by atoms with E-state index < -0.39 is 12.0 Å². The van der Waals surface area contributed by atoms with Gasteiger partial charge in [0.15, 0.2) is 16.3 Å². The van der Waals surface area contributed by atoms with Crippen molar-refractivity contribution in [1.82, 2.24) is 9.55 Å². The summed E-state index contributed by atoms with van der Waals surface area (Å²) in [5.41, 5.74) is 6.18. The predicted octanol–water partition coefficient (Wildman–Crippen LogP) is 5.27. The zero-order valence-electron chi connectivity index (χ0n) is 24.6. The molecule has 9 heteroatoms. The normalized spacial score (nSPS) is 14.9. The molecule has 2 aromatic heterocycles. The average Bonchev–Trinajstić information content (AvgIpc) is 3.52. The SMILES string of the molecule is CCOC(=O)C1=C(C)N=c2s/c(=C/c3c(-c4ccccc4)[nH]c4ccc(C)cc34)c(=O)n2[C@@H]1c1ccc(OC)c(OC)c1. The Bertz CT molecular complexity index is 2090. The largest absolute Gasteiger partial charge is 0.493 e. The predicted molar refractivity (Wildman–Crippen MR) is 168 cm³/mol. The maximum absolute atomic E-state index is 14.3. The molecular formula is C34H31N3O5S. The zero-order chi connectivity index (χ0) is 30.2. The number of thiazole rings is 1. The van der Waals surface area contributed by atoms with Crippen molar-refractivity contribution in [1.29, 1.82) is 0 Å². The van der Waals surface area contributed by atoms with Crippen LogP contribution in [0.3, 0.4) is 0 Å². The molecule has 0 fully saturated rings. The van der Waals surface area contributed by atoms with Crippen LogP contribution in [0.1, 0.15) is 36.6 Å². The Labute approximate surface area is 252 Å². The summed E-state index contributed by atoms with van der Waals surface area (Å²) in [5.74, 6) is 0.512. The second-order valence-electron chi connectivity index (χ2n) is 10.2. The Balaban J connectivity index is 1.62. The summed E-state index contributed by atoms with van der Waals surface area (Å²) < 4.78 is 18.5. The summed E-state index contributed by atoms with van der Waals surface area (Å²) in [4.78, 5) is 36.4. The highest BCUT2D eigenvalue weighted by molar-refractivity contribution is 7.07. The first-order chi connectivity index (χ1) is 20.8. The van der Waals surface area contributed by atoms with E-state index in [9.17, 15) is 9.59 Å². The Morgan fingerprint density at radius 2 is 1.79 bits per heavy atom. The van der Waals surface area contributed by atoms with E-state index in [1.807, 2.05) is 42.5 Å². The van der Waals surface area contributed by atoms with Gasteiger partial charge in [0.05, 0.1) is 48.4 Å². The summed E-state index contributed by atoms with van der Waals surface area (Å²) in [5, 5.41) is 1.02. The molecule has 218 valence electrons. The number of benzene rings is 3. The van der Waals surface area contributed by atoms with Crippen LogP contribution in [0.4, 0.5) is 0 Å². The van der Waals surface area contributed by atoms with Gasteiger partial charge < -0.3 is 19.2 Å². The highest BCUT2D eigenvalue weighted by atomic mass is 32.1. The minimum absolute atomic E-state index is 0.195. The Morgan fingerprint density at radius 3 is 2.51 bits per heavy atom. The summed E-state index contributed by atoms with van der Waals surface area (Å²) in [7, 11) is 3.11. The van der Waals surface area contributed by atoms with Crippen molar-refractivity contribution in [2.24, 2.45) is 4.99 Å². The number of nitrogens with zero attached hydrogens (tertiary/aromatic N) is 2. The quantitative estimate of drug-likeness (QED) is 0.260. The smallest absolute Gasteiger partial charge is 0.338 e. The number of fused-ring (bicyclic) bond motifs is 2. The molecule has 0 saturated carbocycles. The lowest BCUT2D eigenvalue weighted by Crippen LogP contribution is -2.40. The van der Waals surface area contributed by atoms with E-state index in [0.29, 0.717) is 37.7 Å². The lowest BCUT2D eigenvalue weighted by atomic mass is 9.95. The van der Waals surface area contributed by atoms with E-state index in [0.717, 1.165) is 33.3 Å². The van der Waals surface area contributed by atoms with Gasteiger partial charge in [-0.3, -0.25) is 9.36 Å². The fourth-order valence-electron chi connectivity index (χ4n) is 5.57. The van der Waals surface area contributed by atoms with Crippen LogP contribution in [-0.4, -0.2) is 36.3 Å². The Morgan fingerprint density at radius 1 is 1.02 bits per heavy atom. The number of aromatic amines is 1. The zero-order valence-corrected chi connectivity index (χ0v) is 25.4. The molecule has 0 amide bonds. The fraction of sp³-hybridized carbons (Fsp3) is 0.206. The summed E-state index contributed by atoms with van der Waals surface area (Å²) in [6, 6.07) is 20.9. The van der Waals surface area contributed by atoms with Crippen molar-refractivity contribution in [3.05, 3.63) is 114 Å². The third-order valence-corrected chi connectivity index (χ3v) is 8.56. The van der Waals surface area contributed by atoms with Gasteiger partial charge in [-0.1, -0.05) is 59.4 Å². The minimum atomic E-state index is -0.768. The second kappa shape index (κ2) is 11.4. The van der Waals surface area contributed by atoms with Gasteiger partial charge in [-0.15, -0.1) is 0 Å². The molecule has 0 radical (unpaired) electrons. The lowest BCUT2D eigenvalue weighted by Gasteiger charge is -2.25. The molecule has 1 aliphatic heterocycles. The number of nitrogens with one attached hydrogen (secondary N) is 1. The second-order valence-corrected chi connectivity index (χ2v) is 11.3. The minimum Gasteiger partial charge on any atom is -0.493 e. The van der Waals surface area contributed by atoms with Crippen LogP contribution >= 0.6 is 11.3 Å². The topological polar surface area (TPSA) is 94.9 Å². The average molecular weight is 594 g/mol. The highest BCUT2D eigenvalue weighted by Crippen LogP contribution is 2.36. The van der Waals surface area contributed by atoms with Crippen molar-refractivity contribution in [2.75, 3.05) is 20.8 Å². The van der Waals surface area contributed by atoms with E-state index in [1.54, 1.807) is 44.8 Å². The van der Waals surface area contributed by atoms with Gasteiger partial charge in [-0.2, -0.15) is 0 Å². The summed E-state index contributed by atoms with van der Waals surface area (Å²) in [6.07, 6.45) is 1.93. The number of carbonyl (C=O) groups excluding carboxylic acids is 1. The number of methoxy groups -OCH3 is 2. The number of carbonyl (C=O) groups is 1. The number of esters is 1. The van der Waals surface area contributed by atoms with Gasteiger partial charge in [0.1, 0.15) is 0 Å². The lowest BCUT2D eigenvalue weighted by molar-refractivity contribution is -0.139. The van der Waals surface area contributed by atoms with Gasteiger partial charge in [0.2, 0.25) is 0 Å². The number of H-pyrrole nitrogens is 1. The molecule has 0 unspecified atom stereocenters. The van der Waals surface area contributed by atoms with Crippen LogP contribution in [0.25, 0.3) is 28.2 Å². The molecule has 0 saturated heterocycles. The monoisotopic (exact) mass is 593 g/mol. The van der Waals surface area contributed by atoms with E-state index in [1.165, 1.54) is 11.3 Å². The van der Waals surface area contributed by atoms with E-state index in [-0.39, 0.29) is 12.2 Å². The molecule has 3 heterocycles. The standard InChI is InChI=1S/C34H31N3O5S/c1-6-42-33(39)29-20(3)35-34-37(31(29)22-13-15-26(40-4)27(17-22)41-5)32(38)28(43-34)18-24-23-16-19(2)12-14-25(23)36-30(24)21-10-8-7-9-11-21/h7-18,31,36H,6H2,1-5H3/b28-18+/t31-/m1/s1. The number of rotatable bonds is 7. The van der Waals surface area contributed by atoms with Gasteiger partial charge in [-0.25, -0.2) is 9.79 Å². The van der Waals surface area contributed by atoms with Crippen LogP contribution in [-0.2, 0) is 9.53 Å². The third-order valence-electron chi connectivity index (χ3n) is 7.57. The molecule has 1 aliphatic rings. The molecule has 1 atom stereocenters. The Hall–Kier alpha value is -4.89.